The number of hydrogen-bond acceptors (Lipinski definition) is 4. The molecule has 1 amide bonds. The number of aromatic nitrogens is 2. The molecular weight excluding hydrogens is 389 g/mol. The van der Waals surface area contributed by atoms with Crippen LogP contribution in [-0.4, -0.2) is 45.5 Å². The smallest absolute Gasteiger partial charge is 0.399 e. The van der Waals surface area contributed by atoms with Gasteiger partial charge in [0.2, 0.25) is 0 Å². The molecule has 1 aromatic carbocycles. The second-order valence-corrected chi connectivity index (χ2v) is 10.8. The van der Waals surface area contributed by atoms with Crippen LogP contribution in [0.1, 0.15) is 75.6 Å². The summed E-state index contributed by atoms with van der Waals surface area (Å²) < 4.78 is 14.4. The molecule has 0 spiro atoms. The standard InChI is InChI=1S/C24H34BN3O3/c1-16-13-18(25-30-23(5,6)24(7,8)31-25)10-9-17(16)15-27-12-11-20-19(21(27)29)14-26-28(20)22(2,3)4/h9-10,13-14H,11-12,15H2,1-8H3. The van der Waals surface area contributed by atoms with E-state index >= 15 is 0 Å². The van der Waals surface area contributed by atoms with Crippen LogP contribution < -0.4 is 5.46 Å². The van der Waals surface area contributed by atoms with E-state index in [9.17, 15) is 4.79 Å². The Morgan fingerprint density at radius 1 is 1.13 bits per heavy atom. The van der Waals surface area contributed by atoms with E-state index in [2.05, 4.69) is 78.7 Å². The average molecular weight is 423 g/mol. The number of rotatable bonds is 3. The van der Waals surface area contributed by atoms with Crippen LogP contribution in [0.15, 0.2) is 24.4 Å². The van der Waals surface area contributed by atoms with Gasteiger partial charge in [0.15, 0.2) is 0 Å². The maximum Gasteiger partial charge on any atom is 0.494 e. The highest BCUT2D eigenvalue weighted by atomic mass is 16.7. The zero-order valence-electron chi connectivity index (χ0n) is 20.1. The van der Waals surface area contributed by atoms with E-state index < -0.39 is 0 Å². The highest BCUT2D eigenvalue weighted by Crippen LogP contribution is 2.36. The van der Waals surface area contributed by atoms with Crippen LogP contribution in [0.25, 0.3) is 0 Å². The van der Waals surface area contributed by atoms with Crippen molar-refractivity contribution in [2.75, 3.05) is 6.54 Å². The fourth-order valence-corrected chi connectivity index (χ4v) is 4.26. The molecule has 6 nitrogen and oxygen atoms in total. The molecule has 0 saturated carbocycles. The van der Waals surface area contributed by atoms with Gasteiger partial charge in [-0.2, -0.15) is 5.10 Å². The fourth-order valence-electron chi connectivity index (χ4n) is 4.26. The van der Waals surface area contributed by atoms with Crippen LogP contribution in [0.4, 0.5) is 0 Å². The molecule has 0 unspecified atom stereocenters. The number of nitrogens with zero attached hydrogens (tertiary/aromatic N) is 3. The molecule has 4 rings (SSSR count). The number of hydrogen-bond donors (Lipinski definition) is 0. The summed E-state index contributed by atoms with van der Waals surface area (Å²) in [5.41, 5.74) is 4.21. The molecule has 1 aromatic heterocycles. The fraction of sp³-hybridized carbons (Fsp3) is 0.583. The Labute approximate surface area is 186 Å². The van der Waals surface area contributed by atoms with Gasteiger partial charge in [-0.1, -0.05) is 18.2 Å². The summed E-state index contributed by atoms with van der Waals surface area (Å²) in [7, 11) is -0.375. The summed E-state index contributed by atoms with van der Waals surface area (Å²) in [4.78, 5) is 15.0. The Bertz CT molecular complexity index is 1000. The number of fused-ring (bicyclic) bond motifs is 1. The first-order valence-corrected chi connectivity index (χ1v) is 11.1. The van der Waals surface area contributed by atoms with E-state index in [-0.39, 0.29) is 29.8 Å². The van der Waals surface area contributed by atoms with Crippen LogP contribution in [0.2, 0.25) is 0 Å². The minimum absolute atomic E-state index is 0.0613. The third kappa shape index (κ3) is 3.83. The minimum atomic E-state index is -0.375. The van der Waals surface area contributed by atoms with Crippen LogP contribution in [0, 0.1) is 6.92 Å². The summed E-state index contributed by atoms with van der Waals surface area (Å²) in [5.74, 6) is 0.0613. The molecule has 2 aliphatic heterocycles. The molecule has 2 aromatic rings. The molecule has 1 fully saturated rings. The zero-order valence-corrected chi connectivity index (χ0v) is 20.1. The number of benzene rings is 1. The lowest BCUT2D eigenvalue weighted by molar-refractivity contribution is 0.00578. The molecule has 166 valence electrons. The summed E-state index contributed by atoms with van der Waals surface area (Å²) in [6.07, 6.45) is 2.55. The quantitative estimate of drug-likeness (QED) is 0.710. The minimum Gasteiger partial charge on any atom is -0.399 e. The van der Waals surface area contributed by atoms with Gasteiger partial charge >= 0.3 is 7.12 Å². The average Bonchev–Trinajstić information content (AvgIpc) is 3.17. The first kappa shape index (κ1) is 22.1. The predicted octanol–water partition coefficient (Wildman–Crippen LogP) is 3.44. The van der Waals surface area contributed by atoms with Gasteiger partial charge in [0, 0.05) is 19.5 Å². The lowest BCUT2D eigenvalue weighted by atomic mass is 9.78. The summed E-state index contributed by atoms with van der Waals surface area (Å²) in [5, 5.41) is 4.50. The first-order valence-electron chi connectivity index (χ1n) is 11.1. The van der Waals surface area contributed by atoms with Gasteiger partial charge in [-0.3, -0.25) is 9.48 Å². The third-order valence-corrected chi connectivity index (χ3v) is 6.89. The maximum absolute atomic E-state index is 13.1. The van der Waals surface area contributed by atoms with Gasteiger partial charge in [0.05, 0.1) is 34.2 Å². The van der Waals surface area contributed by atoms with E-state index in [4.69, 9.17) is 9.31 Å². The van der Waals surface area contributed by atoms with Crippen molar-refractivity contribution in [3.05, 3.63) is 46.8 Å². The summed E-state index contributed by atoms with van der Waals surface area (Å²) >= 11 is 0. The van der Waals surface area contributed by atoms with Crippen molar-refractivity contribution in [2.45, 2.75) is 85.1 Å². The van der Waals surface area contributed by atoms with Gasteiger partial charge in [-0.15, -0.1) is 0 Å². The Morgan fingerprint density at radius 2 is 1.77 bits per heavy atom. The van der Waals surface area contributed by atoms with Crippen LogP contribution in [0.3, 0.4) is 0 Å². The number of aryl methyl sites for hydroxylation is 1. The maximum atomic E-state index is 13.1. The zero-order chi connectivity index (χ0) is 22.8. The van der Waals surface area contributed by atoms with Crippen molar-refractivity contribution in [1.29, 1.82) is 0 Å². The Kier molecular flexibility index (Phi) is 5.14. The lowest BCUT2D eigenvalue weighted by Crippen LogP contribution is -2.41. The highest BCUT2D eigenvalue weighted by molar-refractivity contribution is 6.62. The van der Waals surface area contributed by atoms with Crippen molar-refractivity contribution < 1.29 is 14.1 Å². The van der Waals surface area contributed by atoms with Crippen LogP contribution in [-0.2, 0) is 27.8 Å². The van der Waals surface area contributed by atoms with E-state index in [1.807, 2.05) is 9.58 Å². The number of carbonyl (C=O) groups is 1. The predicted molar refractivity (Wildman–Crippen MR) is 123 cm³/mol. The molecule has 3 heterocycles. The SMILES string of the molecule is Cc1cc(B2OC(C)(C)C(C)(C)O2)ccc1CN1CCc2c(cnn2C(C)(C)C)C1=O. The molecular formula is C24H34BN3O3. The molecule has 7 heteroatoms. The van der Waals surface area contributed by atoms with Crippen molar-refractivity contribution in [1.82, 2.24) is 14.7 Å². The van der Waals surface area contributed by atoms with Gasteiger partial charge in [-0.25, -0.2) is 0 Å². The second-order valence-electron chi connectivity index (χ2n) is 10.8. The highest BCUT2D eigenvalue weighted by Gasteiger charge is 2.51. The molecule has 1 saturated heterocycles. The van der Waals surface area contributed by atoms with E-state index in [1.165, 1.54) is 0 Å². The summed E-state index contributed by atoms with van der Waals surface area (Å²) in [6.45, 7) is 18.0. The Morgan fingerprint density at radius 3 is 2.35 bits per heavy atom. The molecule has 0 radical (unpaired) electrons. The van der Waals surface area contributed by atoms with Crippen molar-refractivity contribution >= 4 is 18.5 Å². The van der Waals surface area contributed by atoms with Gasteiger partial charge in [0.1, 0.15) is 0 Å². The van der Waals surface area contributed by atoms with E-state index in [1.54, 1.807) is 6.20 Å². The van der Waals surface area contributed by atoms with E-state index in [0.29, 0.717) is 13.1 Å². The molecule has 31 heavy (non-hydrogen) atoms. The monoisotopic (exact) mass is 423 g/mol. The molecule has 0 bridgehead atoms. The summed E-state index contributed by atoms with van der Waals surface area (Å²) in [6, 6.07) is 6.27. The van der Waals surface area contributed by atoms with Crippen molar-refractivity contribution in [2.24, 2.45) is 0 Å². The number of amides is 1. The van der Waals surface area contributed by atoms with Crippen LogP contribution in [0.5, 0.6) is 0 Å². The molecule has 0 N–H and O–H groups in total. The largest absolute Gasteiger partial charge is 0.494 e. The Balaban J connectivity index is 1.51. The first-order chi connectivity index (χ1) is 14.3. The number of carbonyl (C=O) groups excluding carboxylic acids is 1. The third-order valence-electron chi connectivity index (χ3n) is 6.89. The van der Waals surface area contributed by atoms with Gasteiger partial charge < -0.3 is 14.2 Å². The van der Waals surface area contributed by atoms with Gasteiger partial charge in [0.25, 0.3) is 5.91 Å². The van der Waals surface area contributed by atoms with Crippen molar-refractivity contribution in [3.8, 4) is 0 Å². The second kappa shape index (κ2) is 7.21. The van der Waals surface area contributed by atoms with Gasteiger partial charge in [-0.05, 0) is 72.0 Å². The molecule has 0 atom stereocenters. The van der Waals surface area contributed by atoms with Crippen molar-refractivity contribution in [3.63, 3.8) is 0 Å². The molecule has 0 aliphatic carbocycles. The normalized spacial score (nSPS) is 20.3. The lowest BCUT2D eigenvalue weighted by Gasteiger charge is -2.32. The topological polar surface area (TPSA) is 56.6 Å². The van der Waals surface area contributed by atoms with Crippen LogP contribution >= 0.6 is 0 Å². The molecule has 2 aliphatic rings. The van der Waals surface area contributed by atoms with E-state index in [0.717, 1.165) is 34.3 Å². The Hall–Kier alpha value is -2.12.